The Balaban J connectivity index is 2.90. The molecule has 0 radical (unpaired) electrons. The number of carbonyl (C=O) groups excluding carboxylic acids is 1. The molecule has 0 amide bonds. The summed E-state index contributed by atoms with van der Waals surface area (Å²) in [6.07, 6.45) is 0.665. The van der Waals surface area contributed by atoms with Crippen LogP contribution in [0, 0.1) is 0 Å². The lowest BCUT2D eigenvalue weighted by molar-refractivity contribution is -0.193. The molecule has 0 spiro atoms. The van der Waals surface area contributed by atoms with Gasteiger partial charge in [0, 0.05) is 6.54 Å². The van der Waals surface area contributed by atoms with E-state index in [0.717, 1.165) is 0 Å². The van der Waals surface area contributed by atoms with Gasteiger partial charge < -0.3 is 19.9 Å². The van der Waals surface area contributed by atoms with Crippen LogP contribution in [0.25, 0.3) is 0 Å². The summed E-state index contributed by atoms with van der Waals surface area (Å²) in [6.45, 7) is 5.83. The molecular weight excluding hydrogens is 226 g/mol. The van der Waals surface area contributed by atoms with E-state index in [2.05, 4.69) is 5.32 Å². The Kier molecular flexibility index (Phi) is 4.11. The number of ether oxygens (including phenoxy) is 2. The van der Waals surface area contributed by atoms with Crippen molar-refractivity contribution in [2.24, 2.45) is 0 Å². The van der Waals surface area contributed by atoms with Crippen LogP contribution in [0.3, 0.4) is 0 Å². The van der Waals surface area contributed by atoms with E-state index in [-0.39, 0.29) is 13.2 Å². The van der Waals surface area contributed by atoms with Gasteiger partial charge in [0.2, 0.25) is 0 Å². The molecule has 0 saturated carbocycles. The van der Waals surface area contributed by atoms with Gasteiger partial charge in [0.1, 0.15) is 5.60 Å². The fourth-order valence-corrected chi connectivity index (χ4v) is 1.48. The second kappa shape index (κ2) is 5.01. The molecule has 0 unspecified atom stereocenters. The van der Waals surface area contributed by atoms with Crippen molar-refractivity contribution < 1.29 is 24.2 Å². The highest BCUT2D eigenvalue weighted by Crippen LogP contribution is 2.20. The Morgan fingerprint density at radius 3 is 2.59 bits per heavy atom. The predicted molar refractivity (Wildman–Crippen MR) is 59.7 cm³/mol. The summed E-state index contributed by atoms with van der Waals surface area (Å²) in [5, 5.41) is 12.1. The normalized spacial score (nSPS) is 26.1. The van der Waals surface area contributed by atoms with Gasteiger partial charge in [-0.25, -0.2) is 9.59 Å². The van der Waals surface area contributed by atoms with E-state index < -0.39 is 23.1 Å². The van der Waals surface area contributed by atoms with Crippen LogP contribution < -0.4 is 5.32 Å². The van der Waals surface area contributed by atoms with Gasteiger partial charge in [-0.1, -0.05) is 0 Å². The lowest BCUT2D eigenvalue weighted by Gasteiger charge is -2.29. The summed E-state index contributed by atoms with van der Waals surface area (Å²) in [5.41, 5.74) is -2.67. The molecule has 17 heavy (non-hydrogen) atoms. The molecule has 1 rings (SSSR count). The maximum absolute atomic E-state index is 12.0. The first kappa shape index (κ1) is 13.9. The Bertz CT molecular complexity index is 299. The average Bonchev–Trinajstić information content (AvgIpc) is 2.40. The first-order valence-corrected chi connectivity index (χ1v) is 5.59. The van der Waals surface area contributed by atoms with Gasteiger partial charge in [0.15, 0.2) is 0 Å². The second-order valence-corrected chi connectivity index (χ2v) is 5.01. The van der Waals surface area contributed by atoms with Crippen molar-refractivity contribution in [2.75, 3.05) is 19.7 Å². The van der Waals surface area contributed by atoms with Crippen molar-refractivity contribution in [1.82, 2.24) is 5.32 Å². The summed E-state index contributed by atoms with van der Waals surface area (Å²) >= 11 is 0. The smallest absolute Gasteiger partial charge is 0.352 e. The number of hydrogen-bond donors (Lipinski definition) is 2. The number of nitrogens with one attached hydrogen (secondary N) is 1. The zero-order chi connectivity index (χ0) is 13.1. The van der Waals surface area contributed by atoms with Gasteiger partial charge in [0.25, 0.3) is 5.60 Å². The molecule has 0 bridgehead atoms. The Morgan fingerprint density at radius 1 is 1.41 bits per heavy atom. The third-order valence-electron chi connectivity index (χ3n) is 2.29. The highest BCUT2D eigenvalue weighted by Gasteiger charge is 2.51. The summed E-state index contributed by atoms with van der Waals surface area (Å²) in [5.74, 6) is -2.17. The monoisotopic (exact) mass is 245 g/mol. The van der Waals surface area contributed by atoms with E-state index in [1.807, 2.05) is 0 Å². The molecule has 0 aromatic heterocycles. The molecule has 1 aliphatic heterocycles. The summed E-state index contributed by atoms with van der Waals surface area (Å²) in [4.78, 5) is 23.3. The Morgan fingerprint density at radius 2 is 2.06 bits per heavy atom. The zero-order valence-electron chi connectivity index (χ0n) is 10.4. The zero-order valence-corrected chi connectivity index (χ0v) is 10.4. The SMILES string of the molecule is CC(C)(C)OC(=O)[C@]1(C(=O)O)CNCCCO1. The van der Waals surface area contributed by atoms with E-state index in [1.165, 1.54) is 0 Å². The number of rotatable bonds is 2. The van der Waals surface area contributed by atoms with Crippen molar-refractivity contribution in [1.29, 1.82) is 0 Å². The van der Waals surface area contributed by atoms with E-state index in [4.69, 9.17) is 9.47 Å². The molecule has 1 saturated heterocycles. The molecule has 6 heteroatoms. The average molecular weight is 245 g/mol. The van der Waals surface area contributed by atoms with Gasteiger partial charge in [-0.15, -0.1) is 0 Å². The molecule has 1 heterocycles. The van der Waals surface area contributed by atoms with Crippen LogP contribution in [0.15, 0.2) is 0 Å². The van der Waals surface area contributed by atoms with Crippen molar-refractivity contribution in [3.05, 3.63) is 0 Å². The molecule has 98 valence electrons. The first-order valence-electron chi connectivity index (χ1n) is 5.59. The van der Waals surface area contributed by atoms with E-state index in [0.29, 0.717) is 13.0 Å². The number of esters is 1. The molecule has 0 aromatic carbocycles. The van der Waals surface area contributed by atoms with Crippen molar-refractivity contribution in [2.45, 2.75) is 38.4 Å². The number of carboxylic acid groups (broad SMARTS) is 1. The van der Waals surface area contributed by atoms with E-state index in [1.54, 1.807) is 20.8 Å². The Labute approximate surface area is 100 Å². The molecule has 2 N–H and O–H groups in total. The lowest BCUT2D eigenvalue weighted by Crippen LogP contribution is -2.57. The minimum absolute atomic E-state index is 0.0722. The first-order chi connectivity index (χ1) is 7.78. The lowest BCUT2D eigenvalue weighted by atomic mass is 10.0. The van der Waals surface area contributed by atoms with Gasteiger partial charge in [-0.2, -0.15) is 0 Å². The number of carbonyl (C=O) groups is 2. The minimum Gasteiger partial charge on any atom is -0.479 e. The fraction of sp³-hybridized carbons (Fsp3) is 0.818. The quantitative estimate of drug-likeness (QED) is 0.532. The summed E-state index contributed by atoms with van der Waals surface area (Å²) < 4.78 is 10.3. The number of hydrogen-bond acceptors (Lipinski definition) is 5. The molecule has 0 aliphatic carbocycles. The van der Waals surface area contributed by atoms with Gasteiger partial charge in [0.05, 0.1) is 6.61 Å². The van der Waals surface area contributed by atoms with Crippen LogP contribution in [-0.2, 0) is 19.1 Å². The van der Waals surface area contributed by atoms with Crippen LogP contribution in [-0.4, -0.2) is 47.9 Å². The molecule has 6 nitrogen and oxygen atoms in total. The molecule has 1 fully saturated rings. The van der Waals surface area contributed by atoms with Crippen LogP contribution in [0.4, 0.5) is 0 Å². The van der Waals surface area contributed by atoms with Crippen LogP contribution >= 0.6 is 0 Å². The number of carboxylic acids is 1. The second-order valence-electron chi connectivity index (χ2n) is 5.01. The topological polar surface area (TPSA) is 84.9 Å². The molecule has 1 aliphatic rings. The van der Waals surface area contributed by atoms with Crippen LogP contribution in [0.5, 0.6) is 0 Å². The number of aliphatic carboxylic acids is 1. The fourth-order valence-electron chi connectivity index (χ4n) is 1.48. The summed E-state index contributed by atoms with van der Waals surface area (Å²) in [7, 11) is 0. The minimum atomic E-state index is -1.93. The highest BCUT2D eigenvalue weighted by molar-refractivity contribution is 6.03. The highest BCUT2D eigenvalue weighted by atomic mass is 16.6. The van der Waals surface area contributed by atoms with Crippen molar-refractivity contribution >= 4 is 11.9 Å². The Hall–Kier alpha value is -1.14. The maximum atomic E-state index is 12.0. The molecule has 0 aromatic rings. The van der Waals surface area contributed by atoms with Gasteiger partial charge >= 0.3 is 11.9 Å². The molecular formula is C11H19NO5. The van der Waals surface area contributed by atoms with Crippen molar-refractivity contribution in [3.63, 3.8) is 0 Å². The summed E-state index contributed by atoms with van der Waals surface area (Å²) in [6, 6.07) is 0. The largest absolute Gasteiger partial charge is 0.479 e. The van der Waals surface area contributed by atoms with Crippen LogP contribution in [0.2, 0.25) is 0 Å². The predicted octanol–water partition coefficient (Wildman–Crippen LogP) is 0.161. The van der Waals surface area contributed by atoms with Gasteiger partial charge in [-0.05, 0) is 33.7 Å². The van der Waals surface area contributed by atoms with Gasteiger partial charge in [-0.3, -0.25) is 0 Å². The van der Waals surface area contributed by atoms with Crippen LogP contribution in [0.1, 0.15) is 27.2 Å². The van der Waals surface area contributed by atoms with Crippen molar-refractivity contribution in [3.8, 4) is 0 Å². The third-order valence-corrected chi connectivity index (χ3v) is 2.29. The molecule has 1 atom stereocenters. The van der Waals surface area contributed by atoms with E-state index >= 15 is 0 Å². The standard InChI is InChI=1S/C11H19NO5/c1-10(2,3)17-9(15)11(8(13)14)7-12-5-4-6-16-11/h12H,4-7H2,1-3H3,(H,13,14)/t11-/m1/s1. The maximum Gasteiger partial charge on any atom is 0.352 e. The third kappa shape index (κ3) is 3.41. The van der Waals surface area contributed by atoms with E-state index in [9.17, 15) is 14.7 Å².